The van der Waals surface area contributed by atoms with Crippen LogP contribution < -0.4 is 5.32 Å². The van der Waals surface area contributed by atoms with Crippen molar-refractivity contribution in [2.45, 2.75) is 26.0 Å². The molecule has 0 aliphatic carbocycles. The third kappa shape index (κ3) is 2.80. The number of pyridine rings is 1. The average molecular weight is 301 g/mol. The number of anilines is 1. The van der Waals surface area contributed by atoms with Gasteiger partial charge in [-0.3, -0.25) is 10.1 Å². The molecule has 0 saturated carbocycles. The Morgan fingerprint density at radius 1 is 1.45 bits per heavy atom. The Morgan fingerprint density at radius 2 is 2.32 bits per heavy atom. The first-order valence-electron chi connectivity index (χ1n) is 7.31. The molecule has 0 aromatic carbocycles. The Balaban J connectivity index is 1.77. The summed E-state index contributed by atoms with van der Waals surface area (Å²) >= 11 is 0. The van der Waals surface area contributed by atoms with Crippen LogP contribution in [0.5, 0.6) is 0 Å². The van der Waals surface area contributed by atoms with Gasteiger partial charge in [-0.2, -0.15) is 5.10 Å². The highest BCUT2D eigenvalue weighted by molar-refractivity contribution is 5.93. The summed E-state index contributed by atoms with van der Waals surface area (Å²) < 4.78 is 5.55. The Labute approximate surface area is 128 Å². The zero-order valence-corrected chi connectivity index (χ0v) is 12.6. The second kappa shape index (κ2) is 6.15. The van der Waals surface area contributed by atoms with Crippen molar-refractivity contribution in [1.82, 2.24) is 20.1 Å². The zero-order valence-electron chi connectivity index (χ0n) is 12.6. The standard InChI is InChI=1S/C15H19N5O2/c1-10-11(2)22-8-7-20(10)15(21)18-13-9-17-19-14(13)12-5-3-4-6-16-12/h3-6,9-11H,7-8H2,1-2H3,(H,17,19)(H,18,21)/t10-,11-/m0/s1. The molecule has 22 heavy (non-hydrogen) atoms. The largest absolute Gasteiger partial charge is 0.375 e. The lowest BCUT2D eigenvalue weighted by atomic mass is 10.1. The fraction of sp³-hybridized carbons (Fsp3) is 0.400. The number of morpholine rings is 1. The van der Waals surface area contributed by atoms with Crippen molar-refractivity contribution in [1.29, 1.82) is 0 Å². The molecule has 3 heterocycles. The number of aromatic amines is 1. The number of hydrogen-bond acceptors (Lipinski definition) is 4. The number of carbonyl (C=O) groups is 1. The summed E-state index contributed by atoms with van der Waals surface area (Å²) in [6, 6.07) is 5.47. The van der Waals surface area contributed by atoms with Gasteiger partial charge < -0.3 is 15.0 Å². The molecular weight excluding hydrogens is 282 g/mol. The number of ether oxygens (including phenoxy) is 1. The van der Waals surface area contributed by atoms with E-state index in [0.717, 1.165) is 5.69 Å². The van der Waals surface area contributed by atoms with Crippen LogP contribution in [0, 0.1) is 0 Å². The van der Waals surface area contributed by atoms with E-state index in [4.69, 9.17) is 4.74 Å². The predicted octanol–water partition coefficient (Wildman–Crippen LogP) is 2.11. The van der Waals surface area contributed by atoms with Crippen molar-refractivity contribution in [3.05, 3.63) is 30.6 Å². The van der Waals surface area contributed by atoms with Crippen LogP contribution in [0.25, 0.3) is 11.4 Å². The highest BCUT2D eigenvalue weighted by atomic mass is 16.5. The minimum atomic E-state index is -0.152. The molecule has 7 nitrogen and oxygen atoms in total. The maximum absolute atomic E-state index is 12.5. The molecule has 1 fully saturated rings. The number of urea groups is 1. The number of nitrogens with one attached hydrogen (secondary N) is 2. The van der Waals surface area contributed by atoms with E-state index < -0.39 is 0 Å². The van der Waals surface area contributed by atoms with Gasteiger partial charge in [-0.15, -0.1) is 0 Å². The van der Waals surface area contributed by atoms with Gasteiger partial charge in [-0.1, -0.05) is 6.07 Å². The molecule has 1 saturated heterocycles. The molecule has 7 heteroatoms. The molecular formula is C15H19N5O2. The van der Waals surface area contributed by atoms with Crippen LogP contribution in [0.15, 0.2) is 30.6 Å². The fourth-order valence-electron chi connectivity index (χ4n) is 2.49. The lowest BCUT2D eigenvalue weighted by Gasteiger charge is -2.37. The Kier molecular flexibility index (Phi) is 4.06. The summed E-state index contributed by atoms with van der Waals surface area (Å²) in [7, 11) is 0. The van der Waals surface area contributed by atoms with E-state index in [1.54, 1.807) is 17.3 Å². The predicted molar refractivity (Wildman–Crippen MR) is 82.4 cm³/mol. The first kappa shape index (κ1) is 14.5. The zero-order chi connectivity index (χ0) is 15.5. The van der Waals surface area contributed by atoms with Crippen LogP contribution in [-0.4, -0.2) is 51.4 Å². The first-order chi connectivity index (χ1) is 10.7. The van der Waals surface area contributed by atoms with Crippen molar-refractivity contribution in [3.63, 3.8) is 0 Å². The van der Waals surface area contributed by atoms with Crippen LogP contribution >= 0.6 is 0 Å². The number of aromatic nitrogens is 3. The summed E-state index contributed by atoms with van der Waals surface area (Å²) in [5, 5.41) is 9.80. The number of H-pyrrole nitrogens is 1. The quantitative estimate of drug-likeness (QED) is 0.890. The second-order valence-corrected chi connectivity index (χ2v) is 5.31. The van der Waals surface area contributed by atoms with Crippen LogP contribution in [0.4, 0.5) is 10.5 Å². The fourth-order valence-corrected chi connectivity index (χ4v) is 2.49. The molecule has 2 N–H and O–H groups in total. The van der Waals surface area contributed by atoms with Crippen molar-refractivity contribution < 1.29 is 9.53 Å². The topological polar surface area (TPSA) is 83.1 Å². The van der Waals surface area contributed by atoms with Gasteiger partial charge in [0.2, 0.25) is 0 Å². The summed E-state index contributed by atoms with van der Waals surface area (Å²) in [6.07, 6.45) is 3.32. The van der Waals surface area contributed by atoms with Crippen molar-refractivity contribution in [2.75, 3.05) is 18.5 Å². The molecule has 1 aliphatic rings. The van der Waals surface area contributed by atoms with E-state index in [9.17, 15) is 4.79 Å². The summed E-state index contributed by atoms with van der Waals surface area (Å²) in [6.45, 7) is 5.09. The van der Waals surface area contributed by atoms with Gasteiger partial charge in [0.1, 0.15) is 5.69 Å². The maximum atomic E-state index is 12.5. The third-order valence-electron chi connectivity index (χ3n) is 3.95. The minimum Gasteiger partial charge on any atom is -0.375 e. The molecule has 0 unspecified atom stereocenters. The maximum Gasteiger partial charge on any atom is 0.322 e. The number of hydrogen-bond donors (Lipinski definition) is 2. The van der Waals surface area contributed by atoms with Crippen LogP contribution in [-0.2, 0) is 4.74 Å². The smallest absolute Gasteiger partial charge is 0.322 e. The summed E-state index contributed by atoms with van der Waals surface area (Å²) in [5.74, 6) is 0. The molecule has 2 amide bonds. The second-order valence-electron chi connectivity index (χ2n) is 5.31. The Bertz CT molecular complexity index is 642. The van der Waals surface area contributed by atoms with E-state index in [-0.39, 0.29) is 18.2 Å². The van der Waals surface area contributed by atoms with Crippen LogP contribution in [0.3, 0.4) is 0 Å². The third-order valence-corrected chi connectivity index (χ3v) is 3.95. The molecule has 1 aliphatic heterocycles. The Hall–Kier alpha value is -2.41. The van der Waals surface area contributed by atoms with Crippen LogP contribution in [0.1, 0.15) is 13.8 Å². The normalized spacial score (nSPS) is 21.6. The number of nitrogens with zero attached hydrogens (tertiary/aromatic N) is 3. The van der Waals surface area contributed by atoms with E-state index in [0.29, 0.717) is 24.5 Å². The highest BCUT2D eigenvalue weighted by Crippen LogP contribution is 2.24. The summed E-state index contributed by atoms with van der Waals surface area (Å²) in [5.41, 5.74) is 2.05. The van der Waals surface area contributed by atoms with Gasteiger partial charge >= 0.3 is 6.03 Å². The lowest BCUT2D eigenvalue weighted by Crippen LogP contribution is -2.52. The molecule has 3 rings (SSSR count). The first-order valence-corrected chi connectivity index (χ1v) is 7.31. The molecule has 0 spiro atoms. The van der Waals surface area contributed by atoms with Gasteiger partial charge in [0.15, 0.2) is 0 Å². The molecule has 0 radical (unpaired) electrons. The molecule has 2 atom stereocenters. The highest BCUT2D eigenvalue weighted by Gasteiger charge is 2.29. The van der Waals surface area contributed by atoms with Crippen molar-refractivity contribution in [3.8, 4) is 11.4 Å². The molecule has 2 aromatic rings. The molecule has 2 aromatic heterocycles. The van der Waals surface area contributed by atoms with E-state index >= 15 is 0 Å². The lowest BCUT2D eigenvalue weighted by molar-refractivity contribution is -0.0355. The minimum absolute atomic E-state index is 0.0268. The van der Waals surface area contributed by atoms with Gasteiger partial charge in [0.25, 0.3) is 0 Å². The number of rotatable bonds is 2. The SMILES string of the molecule is C[C@@H]1OCCN(C(=O)Nc2cn[nH]c2-c2ccccn2)[C@H]1C. The van der Waals surface area contributed by atoms with Gasteiger partial charge in [0.05, 0.1) is 36.3 Å². The monoisotopic (exact) mass is 301 g/mol. The molecule has 0 bridgehead atoms. The van der Waals surface area contributed by atoms with Gasteiger partial charge in [-0.25, -0.2) is 4.79 Å². The van der Waals surface area contributed by atoms with Gasteiger partial charge in [0, 0.05) is 12.7 Å². The number of carbonyl (C=O) groups excluding carboxylic acids is 1. The average Bonchev–Trinajstić information content (AvgIpc) is 2.99. The van der Waals surface area contributed by atoms with Crippen molar-refractivity contribution in [2.24, 2.45) is 0 Å². The Morgan fingerprint density at radius 3 is 3.09 bits per heavy atom. The van der Waals surface area contributed by atoms with E-state index in [1.165, 1.54) is 0 Å². The van der Waals surface area contributed by atoms with Crippen molar-refractivity contribution >= 4 is 11.7 Å². The number of amides is 2. The molecule has 116 valence electrons. The van der Waals surface area contributed by atoms with Gasteiger partial charge in [-0.05, 0) is 26.0 Å². The summed E-state index contributed by atoms with van der Waals surface area (Å²) in [4.78, 5) is 18.6. The van der Waals surface area contributed by atoms with E-state index in [1.807, 2.05) is 32.0 Å². The van der Waals surface area contributed by atoms with E-state index in [2.05, 4.69) is 20.5 Å². The van der Waals surface area contributed by atoms with Crippen LogP contribution in [0.2, 0.25) is 0 Å².